The quantitative estimate of drug-likeness (QED) is 0.652. The van der Waals surface area contributed by atoms with E-state index in [9.17, 15) is 14.0 Å². The molecule has 21 heavy (non-hydrogen) atoms. The van der Waals surface area contributed by atoms with E-state index >= 15 is 0 Å². The van der Waals surface area contributed by atoms with Gasteiger partial charge in [0.1, 0.15) is 5.82 Å². The van der Waals surface area contributed by atoms with Crippen molar-refractivity contribution in [2.24, 2.45) is 0 Å². The van der Waals surface area contributed by atoms with E-state index in [0.717, 1.165) is 18.2 Å². The second-order valence-corrected chi connectivity index (χ2v) is 4.17. The van der Waals surface area contributed by atoms with E-state index in [0.29, 0.717) is 11.4 Å². The van der Waals surface area contributed by atoms with Crippen molar-refractivity contribution in [1.29, 1.82) is 0 Å². The third-order valence-corrected chi connectivity index (χ3v) is 2.67. The van der Waals surface area contributed by atoms with Gasteiger partial charge in [-0.3, -0.25) is 0 Å². The molecule has 0 saturated heterocycles. The Balaban J connectivity index is 2.15. The molecule has 0 atom stereocenters. The molecule has 0 radical (unpaired) electrons. The van der Waals surface area contributed by atoms with Crippen molar-refractivity contribution in [1.82, 2.24) is 0 Å². The van der Waals surface area contributed by atoms with Gasteiger partial charge in [0.2, 0.25) is 0 Å². The van der Waals surface area contributed by atoms with Gasteiger partial charge in [0.25, 0.3) is 0 Å². The van der Waals surface area contributed by atoms with Gasteiger partial charge in [-0.15, -0.1) is 0 Å². The van der Waals surface area contributed by atoms with Crippen LogP contribution in [0.3, 0.4) is 0 Å². The van der Waals surface area contributed by atoms with E-state index in [1.54, 1.807) is 24.3 Å². The number of aromatic carboxylic acids is 1. The summed E-state index contributed by atoms with van der Waals surface area (Å²) < 4.78 is 13.6. The van der Waals surface area contributed by atoms with Crippen LogP contribution >= 0.6 is 0 Å². The Hall–Kier alpha value is -3.09. The van der Waals surface area contributed by atoms with Gasteiger partial charge in [0.05, 0.1) is 22.6 Å². The van der Waals surface area contributed by atoms with Crippen molar-refractivity contribution in [3.63, 3.8) is 0 Å². The highest BCUT2D eigenvalue weighted by atomic mass is 19.1. The average Bonchev–Trinajstić information content (AvgIpc) is 2.43. The van der Waals surface area contributed by atoms with Crippen LogP contribution in [0.2, 0.25) is 0 Å². The molecule has 6 nitrogen and oxygen atoms in total. The number of carbonyl (C=O) groups excluding carboxylic acids is 1. The molecule has 0 heterocycles. The minimum atomic E-state index is -1.22. The molecule has 0 spiro atoms. The highest BCUT2D eigenvalue weighted by Crippen LogP contribution is 2.19. The number of carbonyl (C=O) groups is 2. The van der Waals surface area contributed by atoms with Gasteiger partial charge >= 0.3 is 12.0 Å². The highest BCUT2D eigenvalue weighted by molar-refractivity contribution is 6.02. The zero-order valence-corrected chi connectivity index (χ0v) is 10.8. The molecule has 2 aromatic carbocycles. The lowest BCUT2D eigenvalue weighted by molar-refractivity contribution is 0.0697. The summed E-state index contributed by atoms with van der Waals surface area (Å²) in [6.07, 6.45) is 0. The predicted molar refractivity (Wildman–Crippen MR) is 76.9 cm³/mol. The summed E-state index contributed by atoms with van der Waals surface area (Å²) >= 11 is 0. The predicted octanol–water partition coefficient (Wildman–Crippen LogP) is 2.75. The van der Waals surface area contributed by atoms with Gasteiger partial charge in [-0.2, -0.15) is 0 Å². The molecule has 5 N–H and O–H groups in total. The van der Waals surface area contributed by atoms with E-state index in [1.165, 1.54) is 0 Å². The number of nitrogens with two attached hydrogens (primary N) is 1. The fourth-order valence-corrected chi connectivity index (χ4v) is 1.64. The standard InChI is InChI=1S/C14H12FN3O3/c15-9-6-5-8(13(19)20)7-12(9)18-14(21)17-11-4-2-1-3-10(11)16/h1-7H,16H2,(H,19,20)(H2,17,18,21). The first-order valence-corrected chi connectivity index (χ1v) is 5.92. The van der Waals surface area contributed by atoms with Crippen LogP contribution in [0.4, 0.5) is 26.2 Å². The lowest BCUT2D eigenvalue weighted by Crippen LogP contribution is -2.21. The van der Waals surface area contributed by atoms with Crippen molar-refractivity contribution in [2.45, 2.75) is 0 Å². The smallest absolute Gasteiger partial charge is 0.335 e. The fraction of sp³-hybridized carbons (Fsp3) is 0. The molecule has 0 aromatic heterocycles. The molecule has 0 aliphatic carbocycles. The van der Waals surface area contributed by atoms with Crippen LogP contribution in [0.25, 0.3) is 0 Å². The Kier molecular flexibility index (Phi) is 4.03. The topological polar surface area (TPSA) is 104 Å². The molecule has 7 heteroatoms. The first-order chi connectivity index (χ1) is 9.97. The van der Waals surface area contributed by atoms with Crippen molar-refractivity contribution in [3.05, 3.63) is 53.8 Å². The minimum Gasteiger partial charge on any atom is -0.478 e. The maximum Gasteiger partial charge on any atom is 0.335 e. The summed E-state index contributed by atoms with van der Waals surface area (Å²) in [5, 5.41) is 13.5. The molecule has 2 aromatic rings. The van der Waals surface area contributed by atoms with Gasteiger partial charge in [0.15, 0.2) is 0 Å². The van der Waals surface area contributed by atoms with Gasteiger partial charge in [-0.05, 0) is 30.3 Å². The Bertz CT molecular complexity index is 704. The van der Waals surface area contributed by atoms with E-state index in [4.69, 9.17) is 10.8 Å². The van der Waals surface area contributed by atoms with Crippen molar-refractivity contribution < 1.29 is 19.1 Å². The van der Waals surface area contributed by atoms with Gasteiger partial charge in [-0.1, -0.05) is 12.1 Å². The summed E-state index contributed by atoms with van der Waals surface area (Å²) in [6.45, 7) is 0. The highest BCUT2D eigenvalue weighted by Gasteiger charge is 2.11. The lowest BCUT2D eigenvalue weighted by Gasteiger charge is -2.10. The zero-order chi connectivity index (χ0) is 15.4. The summed E-state index contributed by atoms with van der Waals surface area (Å²) in [7, 11) is 0. The maximum atomic E-state index is 13.6. The number of amides is 2. The number of hydrogen-bond acceptors (Lipinski definition) is 3. The summed E-state index contributed by atoms with van der Waals surface area (Å²) in [6, 6.07) is 8.94. The summed E-state index contributed by atoms with van der Waals surface area (Å²) in [5.74, 6) is -1.96. The number of carboxylic acid groups (broad SMARTS) is 1. The Morgan fingerprint density at radius 2 is 1.71 bits per heavy atom. The van der Waals surface area contributed by atoms with Crippen LogP contribution < -0.4 is 16.4 Å². The van der Waals surface area contributed by atoms with E-state index < -0.39 is 17.8 Å². The molecule has 0 saturated carbocycles. The Morgan fingerprint density at radius 1 is 1.05 bits per heavy atom. The number of rotatable bonds is 3. The first kappa shape index (κ1) is 14.3. The number of nitrogen functional groups attached to an aromatic ring is 1. The molecule has 0 aliphatic rings. The second-order valence-electron chi connectivity index (χ2n) is 4.17. The SMILES string of the molecule is Nc1ccccc1NC(=O)Nc1cc(C(=O)O)ccc1F. The van der Waals surface area contributed by atoms with Gasteiger partial charge < -0.3 is 21.5 Å². The molecule has 2 rings (SSSR count). The number of anilines is 3. The van der Waals surface area contributed by atoms with Crippen LogP contribution in [0, 0.1) is 5.82 Å². The van der Waals surface area contributed by atoms with E-state index in [1.807, 2.05) is 0 Å². The third kappa shape index (κ3) is 3.47. The number of halogens is 1. The number of carboxylic acids is 1. The minimum absolute atomic E-state index is 0.133. The van der Waals surface area contributed by atoms with E-state index in [2.05, 4.69) is 10.6 Å². The van der Waals surface area contributed by atoms with Crippen molar-refractivity contribution in [3.8, 4) is 0 Å². The third-order valence-electron chi connectivity index (χ3n) is 2.67. The van der Waals surface area contributed by atoms with Crippen LogP contribution in [-0.4, -0.2) is 17.1 Å². The molecule has 0 fully saturated rings. The Labute approximate surface area is 119 Å². The largest absolute Gasteiger partial charge is 0.478 e. The monoisotopic (exact) mass is 289 g/mol. The van der Waals surface area contributed by atoms with Crippen LogP contribution in [0.1, 0.15) is 10.4 Å². The average molecular weight is 289 g/mol. The maximum absolute atomic E-state index is 13.6. The van der Waals surface area contributed by atoms with E-state index in [-0.39, 0.29) is 11.3 Å². The summed E-state index contributed by atoms with van der Waals surface area (Å²) in [4.78, 5) is 22.6. The molecule has 2 amide bonds. The molecule has 108 valence electrons. The molecular formula is C14H12FN3O3. The number of benzene rings is 2. The fourth-order valence-electron chi connectivity index (χ4n) is 1.64. The number of hydrogen-bond donors (Lipinski definition) is 4. The molecule has 0 aliphatic heterocycles. The van der Waals surface area contributed by atoms with Gasteiger partial charge in [0, 0.05) is 0 Å². The Morgan fingerprint density at radius 3 is 2.38 bits per heavy atom. The summed E-state index contributed by atoms with van der Waals surface area (Å²) in [5.41, 5.74) is 6.01. The van der Waals surface area contributed by atoms with Gasteiger partial charge in [-0.25, -0.2) is 14.0 Å². The number of urea groups is 1. The van der Waals surface area contributed by atoms with Crippen molar-refractivity contribution in [2.75, 3.05) is 16.4 Å². The number of nitrogens with one attached hydrogen (secondary N) is 2. The zero-order valence-electron chi connectivity index (χ0n) is 10.8. The molecule has 0 unspecified atom stereocenters. The van der Waals surface area contributed by atoms with Crippen LogP contribution in [0.5, 0.6) is 0 Å². The molecule has 0 bridgehead atoms. The second kappa shape index (κ2) is 5.91. The van der Waals surface area contributed by atoms with Crippen LogP contribution in [0.15, 0.2) is 42.5 Å². The number of para-hydroxylation sites is 2. The lowest BCUT2D eigenvalue weighted by atomic mass is 10.2. The van der Waals surface area contributed by atoms with Crippen molar-refractivity contribution >= 4 is 29.1 Å². The first-order valence-electron chi connectivity index (χ1n) is 5.92. The van der Waals surface area contributed by atoms with Crippen LogP contribution in [-0.2, 0) is 0 Å². The normalized spacial score (nSPS) is 9.95. The molecular weight excluding hydrogens is 277 g/mol.